The molecule has 4 rings (SSSR count). The summed E-state index contributed by atoms with van der Waals surface area (Å²) in [6.07, 6.45) is 0.758. The van der Waals surface area contributed by atoms with Crippen LogP contribution in [0.3, 0.4) is 0 Å². The Kier molecular flexibility index (Phi) is 6.18. The molecule has 31 heavy (non-hydrogen) atoms. The molecule has 1 N–H and O–H groups in total. The van der Waals surface area contributed by atoms with Crippen molar-refractivity contribution < 1.29 is 19.0 Å². The van der Waals surface area contributed by atoms with Crippen LogP contribution in [-0.2, 0) is 16.0 Å². The predicted molar refractivity (Wildman–Crippen MR) is 116 cm³/mol. The smallest absolute Gasteiger partial charge is 0.308 e. The number of nitrogens with zero attached hydrogens (tertiary/aromatic N) is 2. The molecule has 1 fully saturated rings. The Balaban J connectivity index is 1.77. The second-order valence-electron chi connectivity index (χ2n) is 8.37. The van der Waals surface area contributed by atoms with Crippen molar-refractivity contribution >= 4 is 5.97 Å². The van der Waals surface area contributed by atoms with Crippen LogP contribution in [0.2, 0.25) is 0 Å². The Morgan fingerprint density at radius 1 is 1.16 bits per heavy atom. The fourth-order valence-electron chi connectivity index (χ4n) is 4.18. The van der Waals surface area contributed by atoms with Crippen LogP contribution in [-0.4, -0.2) is 33.1 Å². The van der Waals surface area contributed by atoms with E-state index in [0.29, 0.717) is 19.3 Å². The lowest BCUT2D eigenvalue weighted by molar-refractivity contribution is -0.160. The van der Waals surface area contributed by atoms with E-state index in [4.69, 9.17) is 9.84 Å². The highest BCUT2D eigenvalue weighted by molar-refractivity contribution is 5.71. The van der Waals surface area contributed by atoms with Crippen LogP contribution in [0.5, 0.6) is 0 Å². The summed E-state index contributed by atoms with van der Waals surface area (Å²) in [5, 5.41) is 14.9. The van der Waals surface area contributed by atoms with E-state index >= 15 is 0 Å². The number of hydrogen-bond donors (Lipinski definition) is 1. The van der Waals surface area contributed by atoms with E-state index < -0.39 is 6.10 Å². The second-order valence-corrected chi connectivity index (χ2v) is 8.37. The van der Waals surface area contributed by atoms with Crippen molar-refractivity contribution in [2.75, 3.05) is 0 Å². The number of hydrogen-bond acceptors (Lipinski definition) is 4. The number of carbonyl (C=O) groups excluding carboxylic acids is 1. The van der Waals surface area contributed by atoms with Crippen molar-refractivity contribution in [1.82, 2.24) is 9.78 Å². The molecule has 5 nitrogen and oxygen atoms in total. The van der Waals surface area contributed by atoms with Gasteiger partial charge in [-0.25, -0.2) is 9.07 Å². The first-order chi connectivity index (χ1) is 14.9. The lowest BCUT2D eigenvalue weighted by Crippen LogP contribution is -2.32. The average Bonchev–Trinajstić information content (AvgIpc) is 3.12. The zero-order chi connectivity index (χ0) is 22.0. The van der Waals surface area contributed by atoms with Gasteiger partial charge in [-0.2, -0.15) is 5.10 Å². The summed E-state index contributed by atoms with van der Waals surface area (Å²) >= 11 is 0. The van der Waals surface area contributed by atoms with Gasteiger partial charge in [-0.15, -0.1) is 0 Å². The van der Waals surface area contributed by atoms with Crippen molar-refractivity contribution in [3.8, 4) is 16.9 Å². The van der Waals surface area contributed by atoms with Gasteiger partial charge in [-0.05, 0) is 55.2 Å². The van der Waals surface area contributed by atoms with Crippen molar-refractivity contribution in [2.45, 2.75) is 57.7 Å². The zero-order valence-electron chi connectivity index (χ0n) is 17.8. The van der Waals surface area contributed by atoms with E-state index in [1.807, 2.05) is 35.0 Å². The number of para-hydroxylation sites is 1. The number of aliphatic hydroxyl groups excluding tert-OH is 1. The minimum atomic E-state index is -0.653. The van der Waals surface area contributed by atoms with Crippen LogP contribution in [0.25, 0.3) is 16.9 Å². The van der Waals surface area contributed by atoms with Gasteiger partial charge in [0.2, 0.25) is 0 Å². The summed E-state index contributed by atoms with van der Waals surface area (Å²) < 4.78 is 21.0. The number of benzene rings is 2. The minimum Gasteiger partial charge on any atom is -0.462 e. The number of aliphatic hydroxyl groups is 1. The SMILES string of the molecule is CC(C)c1nn(-c2ccccc2)c(-c2ccc(F)cc2)c1CC[C@H]1C[C@H](O)CC(=O)O1. The molecule has 0 saturated carbocycles. The molecule has 0 bridgehead atoms. The van der Waals surface area contributed by atoms with Gasteiger partial charge in [-0.1, -0.05) is 32.0 Å². The van der Waals surface area contributed by atoms with Crippen LogP contribution in [0, 0.1) is 5.82 Å². The van der Waals surface area contributed by atoms with Crippen molar-refractivity contribution in [3.63, 3.8) is 0 Å². The maximum Gasteiger partial charge on any atom is 0.308 e. The third kappa shape index (κ3) is 4.69. The highest BCUT2D eigenvalue weighted by Gasteiger charge is 2.29. The number of cyclic esters (lactones) is 1. The molecular weight excluding hydrogens is 395 g/mol. The minimum absolute atomic E-state index is 0.0561. The number of carbonyl (C=O) groups is 1. The van der Waals surface area contributed by atoms with Gasteiger partial charge < -0.3 is 9.84 Å². The molecule has 0 amide bonds. The van der Waals surface area contributed by atoms with Gasteiger partial charge in [0.15, 0.2) is 0 Å². The van der Waals surface area contributed by atoms with Gasteiger partial charge in [0.1, 0.15) is 11.9 Å². The molecule has 162 valence electrons. The van der Waals surface area contributed by atoms with Crippen LogP contribution >= 0.6 is 0 Å². The monoisotopic (exact) mass is 422 g/mol. The Morgan fingerprint density at radius 3 is 2.52 bits per heavy atom. The highest BCUT2D eigenvalue weighted by Crippen LogP contribution is 2.34. The molecule has 2 aromatic carbocycles. The number of rotatable bonds is 6. The third-order valence-corrected chi connectivity index (χ3v) is 5.63. The van der Waals surface area contributed by atoms with E-state index in [1.165, 1.54) is 12.1 Å². The molecule has 0 aliphatic carbocycles. The summed E-state index contributed by atoms with van der Waals surface area (Å²) in [5.74, 6) is -0.464. The molecule has 0 unspecified atom stereocenters. The normalized spacial score (nSPS) is 18.9. The average molecular weight is 423 g/mol. The molecule has 2 heterocycles. The zero-order valence-corrected chi connectivity index (χ0v) is 17.8. The Morgan fingerprint density at radius 2 is 1.87 bits per heavy atom. The lowest BCUT2D eigenvalue weighted by atomic mass is 9.93. The topological polar surface area (TPSA) is 64.3 Å². The first kappa shape index (κ1) is 21.2. The first-order valence-corrected chi connectivity index (χ1v) is 10.7. The van der Waals surface area contributed by atoms with Crippen LogP contribution in [0.15, 0.2) is 54.6 Å². The van der Waals surface area contributed by atoms with Crippen molar-refractivity contribution in [3.05, 3.63) is 71.7 Å². The number of aromatic nitrogens is 2. The molecule has 1 aliphatic rings. The number of halogens is 1. The van der Waals surface area contributed by atoms with E-state index in [1.54, 1.807) is 12.1 Å². The second kappa shape index (κ2) is 9.02. The third-order valence-electron chi connectivity index (χ3n) is 5.63. The molecule has 1 aliphatic heterocycles. The van der Waals surface area contributed by atoms with Crippen LogP contribution in [0.4, 0.5) is 4.39 Å². The number of esters is 1. The van der Waals surface area contributed by atoms with Crippen molar-refractivity contribution in [2.24, 2.45) is 0 Å². The Labute approximate surface area is 181 Å². The molecule has 1 saturated heterocycles. The molecule has 3 aromatic rings. The first-order valence-electron chi connectivity index (χ1n) is 10.7. The number of ether oxygens (including phenoxy) is 1. The molecule has 0 radical (unpaired) electrons. The molecular formula is C25H27FN2O3. The van der Waals surface area contributed by atoms with Crippen molar-refractivity contribution in [1.29, 1.82) is 0 Å². The maximum atomic E-state index is 13.6. The summed E-state index contributed by atoms with van der Waals surface area (Å²) in [5.41, 5.74) is 4.74. The van der Waals surface area contributed by atoms with Gasteiger partial charge in [-0.3, -0.25) is 4.79 Å². The summed E-state index contributed by atoms with van der Waals surface area (Å²) in [6, 6.07) is 16.3. The van der Waals surface area contributed by atoms with E-state index in [-0.39, 0.29) is 30.2 Å². The Hall–Kier alpha value is -2.99. The summed E-state index contributed by atoms with van der Waals surface area (Å²) in [6.45, 7) is 4.19. The molecule has 2 atom stereocenters. The van der Waals surface area contributed by atoms with Gasteiger partial charge in [0, 0.05) is 17.5 Å². The predicted octanol–water partition coefficient (Wildman–Crippen LogP) is 4.80. The quantitative estimate of drug-likeness (QED) is 0.580. The fraction of sp³-hybridized carbons (Fsp3) is 0.360. The van der Waals surface area contributed by atoms with Gasteiger partial charge in [0.25, 0.3) is 0 Å². The molecule has 0 spiro atoms. The fourth-order valence-corrected chi connectivity index (χ4v) is 4.18. The van der Waals surface area contributed by atoms with Crippen LogP contribution < -0.4 is 0 Å². The standard InChI is InChI=1S/C25H27FN2O3/c1-16(2)24-22(13-12-21-14-20(29)15-23(30)31-21)25(17-8-10-18(26)11-9-17)28(27-24)19-6-4-3-5-7-19/h3-11,16,20-21,29H,12-15H2,1-2H3/t20-,21-/m0/s1. The Bertz CT molecular complexity index is 1040. The summed E-state index contributed by atoms with van der Waals surface area (Å²) in [4.78, 5) is 11.7. The largest absolute Gasteiger partial charge is 0.462 e. The highest BCUT2D eigenvalue weighted by atomic mass is 19.1. The van der Waals surface area contributed by atoms with Crippen LogP contribution in [0.1, 0.15) is 50.3 Å². The van der Waals surface area contributed by atoms with E-state index in [0.717, 1.165) is 28.2 Å². The lowest BCUT2D eigenvalue weighted by Gasteiger charge is -2.26. The summed E-state index contributed by atoms with van der Waals surface area (Å²) in [7, 11) is 0. The maximum absolute atomic E-state index is 13.6. The molecule has 6 heteroatoms. The van der Waals surface area contributed by atoms with Gasteiger partial charge in [0.05, 0.1) is 29.6 Å². The van der Waals surface area contributed by atoms with Gasteiger partial charge >= 0.3 is 5.97 Å². The van der Waals surface area contributed by atoms with E-state index in [2.05, 4.69) is 13.8 Å². The molecule has 1 aromatic heterocycles. The van der Waals surface area contributed by atoms with E-state index in [9.17, 15) is 14.3 Å².